The van der Waals surface area contributed by atoms with Gasteiger partial charge in [-0.2, -0.15) is 0 Å². The first-order valence-corrected chi connectivity index (χ1v) is 12.6. The molecule has 4 bridgehead atoms. The molecule has 2 unspecified atom stereocenters. The van der Waals surface area contributed by atoms with Gasteiger partial charge < -0.3 is 19.3 Å². The van der Waals surface area contributed by atoms with Crippen LogP contribution in [0.5, 0.6) is 5.75 Å². The van der Waals surface area contributed by atoms with Crippen molar-refractivity contribution in [3.63, 3.8) is 0 Å². The summed E-state index contributed by atoms with van der Waals surface area (Å²) in [6.07, 6.45) is 3.24. The van der Waals surface area contributed by atoms with Gasteiger partial charge in [-0.05, 0) is 108 Å². The molecule has 0 radical (unpaired) electrons. The number of rotatable bonds is 6. The SMILES string of the molecule is C=C(C)C(=O)Oc1c(I)cc(I)cc1COC(=O)OC12CC3CC(C1)CC(C(=O)O)(C3)C2. The molecule has 1 N–H and O–H groups in total. The Labute approximate surface area is 213 Å². The molecular weight excluding hydrogens is 642 g/mol. The first-order valence-electron chi connectivity index (χ1n) is 10.5. The summed E-state index contributed by atoms with van der Waals surface area (Å²) in [4.78, 5) is 36.7. The molecule has 32 heavy (non-hydrogen) atoms. The summed E-state index contributed by atoms with van der Waals surface area (Å²) < 4.78 is 18.3. The fourth-order valence-electron chi connectivity index (χ4n) is 5.91. The third kappa shape index (κ3) is 4.64. The molecule has 1 aromatic carbocycles. The number of halogens is 2. The van der Waals surface area contributed by atoms with Crippen LogP contribution >= 0.6 is 45.2 Å². The summed E-state index contributed by atoms with van der Waals surface area (Å²) in [5, 5.41) is 9.85. The molecule has 4 saturated carbocycles. The van der Waals surface area contributed by atoms with Crippen LogP contribution in [0.25, 0.3) is 0 Å². The Morgan fingerprint density at radius 3 is 2.41 bits per heavy atom. The van der Waals surface area contributed by atoms with Gasteiger partial charge in [0.1, 0.15) is 12.2 Å². The molecule has 7 nitrogen and oxygen atoms in total. The molecule has 4 fully saturated rings. The van der Waals surface area contributed by atoms with Gasteiger partial charge in [0.25, 0.3) is 0 Å². The number of ether oxygens (including phenoxy) is 3. The lowest BCUT2D eigenvalue weighted by molar-refractivity contribution is -0.196. The first kappa shape index (κ1) is 23.8. The van der Waals surface area contributed by atoms with Crippen LogP contribution in [0.3, 0.4) is 0 Å². The molecule has 1 aromatic rings. The second kappa shape index (κ2) is 8.77. The van der Waals surface area contributed by atoms with E-state index in [0.717, 1.165) is 9.99 Å². The molecular formula is C23H24I2O7. The van der Waals surface area contributed by atoms with Crippen LogP contribution in [0.15, 0.2) is 24.3 Å². The molecule has 0 amide bonds. The predicted octanol–water partition coefficient (Wildman–Crippen LogP) is 5.45. The summed E-state index contributed by atoms with van der Waals surface area (Å²) in [6.45, 7) is 5.03. The number of benzene rings is 1. The zero-order chi connectivity index (χ0) is 23.3. The van der Waals surface area contributed by atoms with E-state index in [9.17, 15) is 19.5 Å². The second-order valence-corrected chi connectivity index (χ2v) is 11.8. The summed E-state index contributed by atoms with van der Waals surface area (Å²) in [5.74, 6) is -0.478. The van der Waals surface area contributed by atoms with Crippen LogP contribution in [0.2, 0.25) is 0 Å². The van der Waals surface area contributed by atoms with Crippen LogP contribution in [0.1, 0.15) is 51.0 Å². The minimum absolute atomic E-state index is 0.127. The fraction of sp³-hybridized carbons (Fsp3) is 0.522. The predicted molar refractivity (Wildman–Crippen MR) is 131 cm³/mol. The molecule has 9 heteroatoms. The minimum Gasteiger partial charge on any atom is -0.481 e. The number of esters is 1. The molecule has 0 aromatic heterocycles. The van der Waals surface area contributed by atoms with Crippen molar-refractivity contribution in [3.8, 4) is 5.75 Å². The smallest absolute Gasteiger partial charge is 0.481 e. The summed E-state index contributed by atoms with van der Waals surface area (Å²) in [7, 11) is 0. The quantitative estimate of drug-likeness (QED) is 0.187. The molecule has 0 saturated heterocycles. The zero-order valence-corrected chi connectivity index (χ0v) is 21.9. The molecule has 5 rings (SSSR count). The normalized spacial score (nSPS) is 30.0. The highest BCUT2D eigenvalue weighted by Crippen LogP contribution is 2.63. The van der Waals surface area contributed by atoms with E-state index in [1.165, 1.54) is 0 Å². The Morgan fingerprint density at radius 1 is 1.16 bits per heavy atom. The summed E-state index contributed by atoms with van der Waals surface area (Å²) in [6, 6.07) is 3.63. The van der Waals surface area contributed by atoms with Gasteiger partial charge in [-0.3, -0.25) is 4.79 Å². The van der Waals surface area contributed by atoms with E-state index in [1.54, 1.807) is 13.0 Å². The van der Waals surface area contributed by atoms with Crippen molar-refractivity contribution in [3.05, 3.63) is 37.0 Å². The standard InChI is InChI=1S/C23H24I2O7/c1-12(2)19(26)31-18-15(4-16(24)5-17(18)25)10-30-21(29)32-23-8-13-3-14(9-23)7-22(6-13,11-23)20(27)28/h4-5,13-14H,1,3,6-11H2,2H3,(H,27,28). The van der Waals surface area contributed by atoms with Crippen molar-refractivity contribution in [1.82, 2.24) is 0 Å². The zero-order valence-electron chi connectivity index (χ0n) is 17.6. The maximum absolute atomic E-state index is 12.7. The van der Waals surface area contributed by atoms with Crippen molar-refractivity contribution in [2.45, 2.75) is 57.7 Å². The van der Waals surface area contributed by atoms with E-state index in [0.29, 0.717) is 47.0 Å². The van der Waals surface area contributed by atoms with Crippen LogP contribution in [0, 0.1) is 24.4 Å². The Balaban J connectivity index is 1.46. The van der Waals surface area contributed by atoms with Gasteiger partial charge in [-0.1, -0.05) is 6.58 Å². The summed E-state index contributed by atoms with van der Waals surface area (Å²) in [5.41, 5.74) is -0.756. The van der Waals surface area contributed by atoms with Crippen LogP contribution in [-0.4, -0.2) is 28.8 Å². The van der Waals surface area contributed by atoms with E-state index in [4.69, 9.17) is 14.2 Å². The third-order valence-corrected chi connectivity index (χ3v) is 8.16. The average molecular weight is 666 g/mol. The lowest BCUT2D eigenvalue weighted by Gasteiger charge is -2.59. The van der Waals surface area contributed by atoms with Crippen molar-refractivity contribution in [2.75, 3.05) is 0 Å². The van der Waals surface area contributed by atoms with E-state index in [2.05, 4.69) is 51.8 Å². The van der Waals surface area contributed by atoms with Crippen molar-refractivity contribution in [1.29, 1.82) is 0 Å². The molecule has 0 heterocycles. The monoisotopic (exact) mass is 666 g/mol. The van der Waals surface area contributed by atoms with Gasteiger partial charge in [0.2, 0.25) is 0 Å². The van der Waals surface area contributed by atoms with Gasteiger partial charge in [0.15, 0.2) is 5.75 Å². The second-order valence-electron chi connectivity index (χ2n) is 9.42. The van der Waals surface area contributed by atoms with Crippen LogP contribution < -0.4 is 4.74 Å². The third-order valence-electron chi connectivity index (χ3n) is 6.73. The summed E-state index contributed by atoms with van der Waals surface area (Å²) >= 11 is 4.20. The van der Waals surface area contributed by atoms with Crippen molar-refractivity contribution < 1.29 is 33.7 Å². The number of carboxylic acid groups (broad SMARTS) is 1. The maximum atomic E-state index is 12.7. The molecule has 2 atom stereocenters. The van der Waals surface area contributed by atoms with Crippen LogP contribution in [0.4, 0.5) is 4.79 Å². The van der Waals surface area contributed by atoms with E-state index < -0.39 is 29.1 Å². The largest absolute Gasteiger partial charge is 0.509 e. The Morgan fingerprint density at radius 2 is 1.81 bits per heavy atom. The minimum atomic E-state index is -0.821. The van der Waals surface area contributed by atoms with Gasteiger partial charge in [0, 0.05) is 21.1 Å². The molecule has 172 valence electrons. The van der Waals surface area contributed by atoms with Crippen molar-refractivity contribution in [2.24, 2.45) is 17.3 Å². The van der Waals surface area contributed by atoms with Gasteiger partial charge in [0.05, 0.1) is 8.99 Å². The lowest BCUT2D eigenvalue weighted by Crippen LogP contribution is -2.59. The van der Waals surface area contributed by atoms with Crippen LogP contribution in [-0.2, 0) is 25.7 Å². The number of hydrogen-bond donors (Lipinski definition) is 1. The fourth-order valence-corrected chi connectivity index (χ4v) is 7.98. The maximum Gasteiger partial charge on any atom is 0.509 e. The van der Waals surface area contributed by atoms with Gasteiger partial charge in [-0.15, -0.1) is 0 Å². The van der Waals surface area contributed by atoms with Crippen molar-refractivity contribution >= 4 is 63.3 Å². The highest BCUT2D eigenvalue weighted by molar-refractivity contribution is 14.1. The van der Waals surface area contributed by atoms with E-state index in [-0.39, 0.29) is 24.0 Å². The Hall–Kier alpha value is -1.37. The Bertz CT molecular complexity index is 988. The first-order chi connectivity index (χ1) is 15.0. The number of aliphatic carboxylic acids is 1. The lowest BCUT2D eigenvalue weighted by atomic mass is 9.48. The highest BCUT2D eigenvalue weighted by Gasteiger charge is 2.62. The molecule has 0 spiro atoms. The molecule has 4 aliphatic rings. The topological polar surface area (TPSA) is 99.1 Å². The highest BCUT2D eigenvalue weighted by atomic mass is 127. The average Bonchev–Trinajstić information content (AvgIpc) is 2.66. The van der Waals surface area contributed by atoms with E-state index in [1.807, 2.05) is 6.07 Å². The number of hydrogen-bond acceptors (Lipinski definition) is 6. The van der Waals surface area contributed by atoms with E-state index >= 15 is 0 Å². The number of carbonyl (C=O) groups excluding carboxylic acids is 2. The molecule has 4 aliphatic carbocycles. The Kier molecular flexibility index (Phi) is 6.51. The number of carboxylic acids is 1. The van der Waals surface area contributed by atoms with Gasteiger partial charge in [-0.25, -0.2) is 9.59 Å². The number of carbonyl (C=O) groups is 3. The molecule has 0 aliphatic heterocycles. The van der Waals surface area contributed by atoms with Gasteiger partial charge >= 0.3 is 18.1 Å².